The predicted molar refractivity (Wildman–Crippen MR) is 101 cm³/mol. The second-order valence-electron chi connectivity index (χ2n) is 5.42. The molecule has 0 saturated heterocycles. The second-order valence-corrected chi connectivity index (χ2v) is 6.47. The molecule has 0 bridgehead atoms. The number of rotatable bonds is 7. The van der Waals surface area contributed by atoms with E-state index in [1.807, 2.05) is 6.07 Å². The van der Waals surface area contributed by atoms with Crippen molar-refractivity contribution in [3.05, 3.63) is 56.7 Å². The van der Waals surface area contributed by atoms with Crippen LogP contribution in [0.1, 0.15) is 0 Å². The molecule has 3 N–H and O–H groups in total. The standard InChI is InChI=1S/C17H17N3O4S/c21-10-9-18-7-8-19-12-5-6-13(20(23)24)17-15(12)16(22)11-3-1-2-4-14(11)25-17/h1-6,18-19,21H,7-10H2. The monoisotopic (exact) mass is 359 g/mol. The molecule has 1 heterocycles. The summed E-state index contributed by atoms with van der Waals surface area (Å²) in [5.41, 5.74) is 0.309. The molecule has 0 aliphatic heterocycles. The van der Waals surface area contributed by atoms with Gasteiger partial charge in [-0.05, 0) is 18.2 Å². The van der Waals surface area contributed by atoms with Crippen LogP contribution in [0.4, 0.5) is 11.4 Å². The van der Waals surface area contributed by atoms with Crippen LogP contribution in [0.2, 0.25) is 0 Å². The summed E-state index contributed by atoms with van der Waals surface area (Å²) in [7, 11) is 0. The molecule has 0 saturated carbocycles. The number of hydrogen-bond donors (Lipinski definition) is 3. The summed E-state index contributed by atoms with van der Waals surface area (Å²) in [6.07, 6.45) is 0. The first-order valence-corrected chi connectivity index (χ1v) is 8.63. The zero-order chi connectivity index (χ0) is 17.8. The number of benzene rings is 2. The first-order chi connectivity index (χ1) is 12.1. The highest BCUT2D eigenvalue weighted by molar-refractivity contribution is 7.25. The zero-order valence-electron chi connectivity index (χ0n) is 13.3. The van der Waals surface area contributed by atoms with Gasteiger partial charge in [-0.1, -0.05) is 12.1 Å². The number of nitro benzene ring substituents is 1. The number of aliphatic hydroxyl groups is 1. The van der Waals surface area contributed by atoms with E-state index < -0.39 is 4.92 Å². The van der Waals surface area contributed by atoms with Crippen LogP contribution in [-0.4, -0.2) is 36.3 Å². The highest BCUT2D eigenvalue weighted by Crippen LogP contribution is 2.35. The van der Waals surface area contributed by atoms with Gasteiger partial charge in [0.25, 0.3) is 5.69 Å². The normalized spacial score (nSPS) is 11.1. The van der Waals surface area contributed by atoms with Gasteiger partial charge < -0.3 is 15.7 Å². The quantitative estimate of drug-likeness (QED) is 0.259. The molecule has 25 heavy (non-hydrogen) atoms. The molecule has 2 aromatic carbocycles. The smallest absolute Gasteiger partial charge is 0.287 e. The van der Waals surface area contributed by atoms with Gasteiger partial charge in [-0.15, -0.1) is 11.3 Å². The number of nitro groups is 1. The van der Waals surface area contributed by atoms with Crippen molar-refractivity contribution in [1.82, 2.24) is 5.32 Å². The Kier molecular flexibility index (Phi) is 5.22. The van der Waals surface area contributed by atoms with E-state index in [1.54, 1.807) is 24.3 Å². The van der Waals surface area contributed by atoms with Crippen LogP contribution in [0.3, 0.4) is 0 Å². The number of nitrogens with zero attached hydrogens (tertiary/aromatic N) is 1. The van der Waals surface area contributed by atoms with Crippen molar-refractivity contribution in [3.63, 3.8) is 0 Å². The number of fused-ring (bicyclic) bond motifs is 2. The fraction of sp³-hybridized carbons (Fsp3) is 0.235. The maximum Gasteiger partial charge on any atom is 0.287 e. The first kappa shape index (κ1) is 17.3. The summed E-state index contributed by atoms with van der Waals surface area (Å²) in [4.78, 5) is 23.8. The molecule has 0 aliphatic rings. The van der Waals surface area contributed by atoms with Crippen molar-refractivity contribution < 1.29 is 10.0 Å². The lowest BCUT2D eigenvalue weighted by molar-refractivity contribution is -0.382. The van der Waals surface area contributed by atoms with Gasteiger partial charge in [0.1, 0.15) is 4.70 Å². The molecule has 0 unspecified atom stereocenters. The molecule has 0 spiro atoms. The molecule has 3 aromatic rings. The Morgan fingerprint density at radius 2 is 1.92 bits per heavy atom. The van der Waals surface area contributed by atoms with E-state index in [0.717, 1.165) is 4.70 Å². The van der Waals surface area contributed by atoms with Gasteiger partial charge >= 0.3 is 0 Å². The predicted octanol–water partition coefficient (Wildman–Crippen LogP) is 2.32. The van der Waals surface area contributed by atoms with Crippen molar-refractivity contribution in [2.75, 3.05) is 31.6 Å². The van der Waals surface area contributed by atoms with Gasteiger partial charge in [-0.25, -0.2) is 0 Å². The van der Waals surface area contributed by atoms with Gasteiger partial charge in [0, 0.05) is 41.5 Å². The molecule has 3 rings (SSSR count). The van der Waals surface area contributed by atoms with E-state index in [1.165, 1.54) is 17.4 Å². The summed E-state index contributed by atoms with van der Waals surface area (Å²) in [5.74, 6) is 0. The highest BCUT2D eigenvalue weighted by atomic mass is 32.1. The van der Waals surface area contributed by atoms with Gasteiger partial charge in [-0.3, -0.25) is 14.9 Å². The molecule has 0 amide bonds. The lowest BCUT2D eigenvalue weighted by Crippen LogP contribution is -2.25. The van der Waals surface area contributed by atoms with Crippen molar-refractivity contribution in [2.45, 2.75) is 0 Å². The number of anilines is 1. The van der Waals surface area contributed by atoms with Gasteiger partial charge in [-0.2, -0.15) is 0 Å². The maximum absolute atomic E-state index is 12.9. The van der Waals surface area contributed by atoms with E-state index in [9.17, 15) is 14.9 Å². The Balaban J connectivity index is 2.12. The van der Waals surface area contributed by atoms with Crippen LogP contribution in [0.5, 0.6) is 0 Å². The average Bonchev–Trinajstić information content (AvgIpc) is 2.61. The summed E-state index contributed by atoms with van der Waals surface area (Å²) < 4.78 is 1.10. The molecule has 0 atom stereocenters. The van der Waals surface area contributed by atoms with Gasteiger partial charge in [0.05, 0.1) is 16.9 Å². The van der Waals surface area contributed by atoms with E-state index in [-0.39, 0.29) is 17.7 Å². The van der Waals surface area contributed by atoms with Crippen molar-refractivity contribution in [2.24, 2.45) is 0 Å². The van der Waals surface area contributed by atoms with Crippen LogP contribution in [0.15, 0.2) is 41.2 Å². The first-order valence-electron chi connectivity index (χ1n) is 7.82. The van der Waals surface area contributed by atoms with Crippen molar-refractivity contribution in [1.29, 1.82) is 0 Å². The lowest BCUT2D eigenvalue weighted by Gasteiger charge is -2.10. The Hall–Kier alpha value is -2.55. The number of nitrogens with one attached hydrogen (secondary N) is 2. The molecular weight excluding hydrogens is 342 g/mol. The molecule has 0 radical (unpaired) electrons. The number of non-ortho nitro benzene ring substituents is 1. The van der Waals surface area contributed by atoms with Crippen LogP contribution < -0.4 is 16.1 Å². The SMILES string of the molecule is O=c1c2ccccc2sc2c([N+](=O)[O-])ccc(NCCNCCO)c12. The van der Waals surface area contributed by atoms with Crippen LogP contribution >= 0.6 is 11.3 Å². The van der Waals surface area contributed by atoms with Gasteiger partial charge in [0.15, 0.2) is 5.43 Å². The van der Waals surface area contributed by atoms with E-state index in [0.29, 0.717) is 40.8 Å². The minimum absolute atomic E-state index is 0.0544. The third-order valence-corrected chi connectivity index (χ3v) is 5.00. The molecule has 8 heteroatoms. The van der Waals surface area contributed by atoms with Crippen molar-refractivity contribution in [3.8, 4) is 0 Å². The Labute approximate surface area is 147 Å². The maximum atomic E-state index is 12.9. The minimum Gasteiger partial charge on any atom is -0.395 e. The fourth-order valence-electron chi connectivity index (χ4n) is 2.67. The van der Waals surface area contributed by atoms with Gasteiger partial charge in [0.2, 0.25) is 0 Å². The van der Waals surface area contributed by atoms with Crippen LogP contribution in [-0.2, 0) is 0 Å². The zero-order valence-corrected chi connectivity index (χ0v) is 14.1. The lowest BCUT2D eigenvalue weighted by atomic mass is 10.1. The Bertz CT molecular complexity index is 987. The van der Waals surface area contributed by atoms with Crippen LogP contribution in [0.25, 0.3) is 20.2 Å². The number of aliphatic hydroxyl groups excluding tert-OH is 1. The summed E-state index contributed by atoms with van der Waals surface area (Å²) in [6.45, 7) is 1.68. The molecular formula is C17H17N3O4S. The molecule has 0 aliphatic carbocycles. The van der Waals surface area contributed by atoms with E-state index in [4.69, 9.17) is 5.11 Å². The highest BCUT2D eigenvalue weighted by Gasteiger charge is 2.19. The molecule has 7 nitrogen and oxygen atoms in total. The summed E-state index contributed by atoms with van der Waals surface area (Å²) in [6, 6.07) is 10.1. The molecule has 130 valence electrons. The van der Waals surface area contributed by atoms with E-state index in [2.05, 4.69) is 10.6 Å². The van der Waals surface area contributed by atoms with E-state index >= 15 is 0 Å². The minimum atomic E-state index is -0.459. The average molecular weight is 359 g/mol. The fourth-order valence-corrected chi connectivity index (χ4v) is 3.86. The third-order valence-electron chi connectivity index (χ3n) is 3.81. The largest absolute Gasteiger partial charge is 0.395 e. The number of hydrogen-bond acceptors (Lipinski definition) is 7. The molecule has 1 aromatic heterocycles. The van der Waals surface area contributed by atoms with Crippen LogP contribution in [0, 0.1) is 10.1 Å². The van der Waals surface area contributed by atoms with Crippen molar-refractivity contribution >= 4 is 42.9 Å². The topological polar surface area (TPSA) is 104 Å². The summed E-state index contributed by atoms with van der Waals surface area (Å²) in [5, 5.41) is 27.2. The summed E-state index contributed by atoms with van der Waals surface area (Å²) >= 11 is 1.25. The Morgan fingerprint density at radius 3 is 2.68 bits per heavy atom. The third kappa shape index (κ3) is 3.46. The molecule has 0 fully saturated rings. The Morgan fingerprint density at radius 1 is 1.12 bits per heavy atom. The second kappa shape index (κ2) is 7.56.